The molecule has 9 heteroatoms. The molecule has 182 valence electrons. The quantitative estimate of drug-likeness (QED) is 0.525. The molecule has 0 aliphatic carbocycles. The van der Waals surface area contributed by atoms with E-state index in [1.54, 1.807) is 12.1 Å². The summed E-state index contributed by atoms with van der Waals surface area (Å²) in [6, 6.07) is 8.97. The predicted octanol–water partition coefficient (Wildman–Crippen LogP) is 5.48. The molecule has 4 rings (SSSR count). The Morgan fingerprint density at radius 1 is 1.09 bits per heavy atom. The summed E-state index contributed by atoms with van der Waals surface area (Å²) in [7, 11) is 0. The van der Waals surface area contributed by atoms with Gasteiger partial charge in [-0.05, 0) is 50.1 Å². The van der Waals surface area contributed by atoms with Crippen molar-refractivity contribution in [2.45, 2.75) is 52.1 Å². The van der Waals surface area contributed by atoms with Crippen molar-refractivity contribution in [1.29, 1.82) is 0 Å². The summed E-state index contributed by atoms with van der Waals surface area (Å²) in [4.78, 5) is 15.1. The summed E-state index contributed by atoms with van der Waals surface area (Å²) in [5.41, 5.74) is -0.183. The van der Waals surface area contributed by atoms with Crippen LogP contribution in [0.3, 0.4) is 0 Å². The van der Waals surface area contributed by atoms with E-state index in [0.29, 0.717) is 13.1 Å². The average Bonchev–Trinajstić information content (AvgIpc) is 2.76. The molecule has 34 heavy (non-hydrogen) atoms. The Hall–Kier alpha value is -3.04. The number of hydrogen-bond donors (Lipinski definition) is 1. The van der Waals surface area contributed by atoms with Crippen molar-refractivity contribution in [3.8, 4) is 17.2 Å². The molecule has 6 nitrogen and oxygen atoms in total. The zero-order valence-corrected chi connectivity index (χ0v) is 19.1. The molecule has 1 aromatic heterocycles. The number of rotatable bonds is 5. The number of aryl methyl sites for hydroxylation is 1. The number of aromatic hydroxyl groups is 1. The van der Waals surface area contributed by atoms with Crippen molar-refractivity contribution in [3.05, 3.63) is 63.5 Å². The van der Waals surface area contributed by atoms with Crippen LogP contribution in [-0.2, 0) is 23.9 Å². The minimum atomic E-state index is -4.99. The van der Waals surface area contributed by atoms with Gasteiger partial charge in [-0.2, -0.15) is 13.2 Å². The fraction of sp³-hybridized carbons (Fsp3) is 0.400. The molecule has 0 bridgehead atoms. The van der Waals surface area contributed by atoms with E-state index in [0.717, 1.165) is 12.0 Å². The molecule has 1 aliphatic rings. The Morgan fingerprint density at radius 3 is 2.32 bits per heavy atom. The molecule has 2 heterocycles. The summed E-state index contributed by atoms with van der Waals surface area (Å²) >= 11 is 0. The van der Waals surface area contributed by atoms with Crippen LogP contribution in [0.25, 0.3) is 11.0 Å². The molecular formula is C25H26F3NO5. The monoisotopic (exact) mass is 477 g/mol. The van der Waals surface area contributed by atoms with Gasteiger partial charge in [0, 0.05) is 19.6 Å². The summed E-state index contributed by atoms with van der Waals surface area (Å²) in [5, 5.41) is 10.4. The van der Waals surface area contributed by atoms with Crippen molar-refractivity contribution in [2.24, 2.45) is 0 Å². The number of halogens is 3. The highest BCUT2D eigenvalue weighted by Gasteiger charge is 2.41. The van der Waals surface area contributed by atoms with Crippen LogP contribution in [0.15, 0.2) is 45.6 Å². The molecule has 0 saturated carbocycles. The molecule has 0 spiro atoms. The van der Waals surface area contributed by atoms with Crippen LogP contribution in [0.5, 0.6) is 17.2 Å². The van der Waals surface area contributed by atoms with Crippen LogP contribution in [0.2, 0.25) is 0 Å². The summed E-state index contributed by atoms with van der Waals surface area (Å²) in [6.45, 7) is 6.87. The average molecular weight is 477 g/mol. The number of fused-ring (bicyclic) bond motifs is 1. The Morgan fingerprint density at radius 2 is 1.74 bits per heavy atom. The molecule has 1 saturated heterocycles. The molecule has 1 aliphatic heterocycles. The molecule has 0 amide bonds. The first-order valence-corrected chi connectivity index (χ1v) is 11.1. The Balaban J connectivity index is 1.82. The van der Waals surface area contributed by atoms with Gasteiger partial charge in [-0.3, -0.25) is 9.69 Å². The van der Waals surface area contributed by atoms with E-state index >= 15 is 0 Å². The second-order valence-electron chi connectivity index (χ2n) is 8.58. The van der Waals surface area contributed by atoms with E-state index in [-0.39, 0.29) is 46.8 Å². The van der Waals surface area contributed by atoms with Crippen LogP contribution in [0.4, 0.5) is 13.2 Å². The zero-order valence-electron chi connectivity index (χ0n) is 19.1. The molecule has 0 unspecified atom stereocenters. The first kappa shape index (κ1) is 24.1. The Bertz CT molecular complexity index is 1230. The van der Waals surface area contributed by atoms with Crippen LogP contribution in [0, 0.1) is 0 Å². The number of phenols is 1. The van der Waals surface area contributed by atoms with Crippen molar-refractivity contribution in [2.75, 3.05) is 13.1 Å². The normalized spacial score (nSPS) is 19.5. The minimum absolute atomic E-state index is 0.0855. The molecule has 1 N–H and O–H groups in total. The fourth-order valence-electron chi connectivity index (χ4n) is 4.27. The first-order chi connectivity index (χ1) is 16.1. The lowest BCUT2D eigenvalue weighted by atomic mass is 10.1. The molecule has 2 atom stereocenters. The second kappa shape index (κ2) is 9.31. The van der Waals surface area contributed by atoms with Gasteiger partial charge in [0.15, 0.2) is 0 Å². The lowest BCUT2D eigenvalue weighted by molar-refractivity contribution is -0.154. The van der Waals surface area contributed by atoms with Gasteiger partial charge in [0.05, 0.1) is 23.2 Å². The number of phenolic OH excluding ortho intramolecular Hbond substituents is 1. The van der Waals surface area contributed by atoms with E-state index in [9.17, 15) is 23.1 Å². The number of hydrogen-bond acceptors (Lipinski definition) is 6. The summed E-state index contributed by atoms with van der Waals surface area (Å²) < 4.78 is 58.3. The zero-order chi connectivity index (χ0) is 24.6. The third-order valence-electron chi connectivity index (χ3n) is 5.78. The van der Waals surface area contributed by atoms with Gasteiger partial charge in [-0.15, -0.1) is 0 Å². The van der Waals surface area contributed by atoms with Gasteiger partial charge >= 0.3 is 6.18 Å². The molecule has 2 aromatic carbocycles. The van der Waals surface area contributed by atoms with Crippen molar-refractivity contribution in [3.63, 3.8) is 0 Å². The van der Waals surface area contributed by atoms with Gasteiger partial charge in [0.2, 0.25) is 11.2 Å². The van der Waals surface area contributed by atoms with Gasteiger partial charge in [0.1, 0.15) is 17.1 Å². The predicted molar refractivity (Wildman–Crippen MR) is 120 cm³/mol. The van der Waals surface area contributed by atoms with E-state index in [4.69, 9.17) is 13.9 Å². The van der Waals surface area contributed by atoms with Gasteiger partial charge in [-0.25, -0.2) is 0 Å². The van der Waals surface area contributed by atoms with Crippen molar-refractivity contribution in [1.82, 2.24) is 4.90 Å². The first-order valence-electron chi connectivity index (χ1n) is 11.1. The maximum absolute atomic E-state index is 14.0. The molecule has 1 fully saturated rings. The largest absolute Gasteiger partial charge is 0.507 e. The van der Waals surface area contributed by atoms with Crippen LogP contribution in [0.1, 0.15) is 37.7 Å². The number of benzene rings is 2. The Kier molecular flexibility index (Phi) is 6.60. The fourth-order valence-corrected chi connectivity index (χ4v) is 4.27. The topological polar surface area (TPSA) is 72.1 Å². The third kappa shape index (κ3) is 4.90. The highest BCUT2D eigenvalue weighted by atomic mass is 19.4. The van der Waals surface area contributed by atoms with Gasteiger partial charge in [-0.1, -0.05) is 19.1 Å². The van der Waals surface area contributed by atoms with E-state index < -0.39 is 23.1 Å². The third-order valence-corrected chi connectivity index (χ3v) is 5.78. The maximum Gasteiger partial charge on any atom is 0.453 e. The lowest BCUT2D eigenvalue weighted by Gasteiger charge is -2.35. The maximum atomic E-state index is 14.0. The highest BCUT2D eigenvalue weighted by Crippen LogP contribution is 2.40. The number of ether oxygens (including phenoxy) is 2. The Labute approximate surface area is 194 Å². The smallest absolute Gasteiger partial charge is 0.453 e. The second-order valence-corrected chi connectivity index (χ2v) is 8.58. The van der Waals surface area contributed by atoms with Gasteiger partial charge < -0.3 is 19.0 Å². The van der Waals surface area contributed by atoms with Crippen LogP contribution < -0.4 is 10.2 Å². The molecular weight excluding hydrogens is 451 g/mol. The van der Waals surface area contributed by atoms with Gasteiger partial charge in [0.25, 0.3) is 5.76 Å². The lowest BCUT2D eigenvalue weighted by Crippen LogP contribution is -2.44. The molecule has 3 aromatic rings. The SMILES string of the molecule is CCc1ccc(Oc2c(C(F)(F)F)oc3c(CN4C[C@@H](C)O[C@H](C)C4)c(O)ccc3c2=O)cc1. The van der Waals surface area contributed by atoms with E-state index in [2.05, 4.69) is 0 Å². The van der Waals surface area contributed by atoms with Crippen LogP contribution >= 0.6 is 0 Å². The molecule has 0 radical (unpaired) electrons. The summed E-state index contributed by atoms with van der Waals surface area (Å²) in [5.74, 6) is -2.64. The number of alkyl halides is 3. The minimum Gasteiger partial charge on any atom is -0.507 e. The highest BCUT2D eigenvalue weighted by molar-refractivity contribution is 5.83. The summed E-state index contributed by atoms with van der Waals surface area (Å²) in [6.07, 6.45) is -4.41. The number of morpholine rings is 1. The van der Waals surface area contributed by atoms with Crippen molar-refractivity contribution >= 4 is 11.0 Å². The number of nitrogens with zero attached hydrogens (tertiary/aromatic N) is 1. The van der Waals surface area contributed by atoms with Crippen LogP contribution in [-0.4, -0.2) is 35.3 Å². The van der Waals surface area contributed by atoms with Crippen molar-refractivity contribution < 1.29 is 32.2 Å². The van der Waals surface area contributed by atoms with E-state index in [1.165, 1.54) is 24.3 Å². The standard InChI is InChI=1S/C25H26F3NO5/c1-4-16-5-7-17(8-6-16)33-23-21(31)18-9-10-20(30)19(22(18)34-24(23)25(26,27)28)13-29-11-14(2)32-15(3)12-29/h5-10,14-15,30H,4,11-13H2,1-3H3/t14-,15-/m1/s1. The van der Waals surface area contributed by atoms with E-state index in [1.807, 2.05) is 25.7 Å².